The largest absolute Gasteiger partial charge is 0.368 e. The van der Waals surface area contributed by atoms with Crippen LogP contribution in [0.1, 0.15) is 34.6 Å². The van der Waals surface area contributed by atoms with Gasteiger partial charge in [-0.25, -0.2) is 0 Å². The summed E-state index contributed by atoms with van der Waals surface area (Å²) in [7, 11) is 2.15. The molecule has 0 saturated carbocycles. The maximum Gasteiger partial charge on any atom is 0.238 e. The van der Waals surface area contributed by atoms with Crippen LogP contribution in [0, 0.1) is 0 Å². The highest BCUT2D eigenvalue weighted by atomic mass is 16.1. The van der Waals surface area contributed by atoms with E-state index in [1.165, 1.54) is 0 Å². The molecule has 1 unspecified atom stereocenters. The third kappa shape index (κ3) is 4.16. The van der Waals surface area contributed by atoms with Gasteiger partial charge in [-0.3, -0.25) is 14.6 Å². The lowest BCUT2D eigenvalue weighted by Crippen LogP contribution is -2.65. The molecule has 1 amide bonds. The zero-order valence-corrected chi connectivity index (χ0v) is 13.3. The number of hydrogen-bond acceptors (Lipinski definition) is 4. The minimum Gasteiger partial charge on any atom is -0.368 e. The van der Waals surface area contributed by atoms with Crippen molar-refractivity contribution in [2.24, 2.45) is 5.73 Å². The first-order valence-corrected chi connectivity index (χ1v) is 7.08. The lowest BCUT2D eigenvalue weighted by atomic mass is 9.95. The SMILES string of the molecule is CC(C)NC(C)(CN1CCN(C)C(C)(C)C1)C(N)=O. The van der Waals surface area contributed by atoms with E-state index in [2.05, 4.69) is 36.0 Å². The van der Waals surface area contributed by atoms with Crippen LogP contribution in [0.3, 0.4) is 0 Å². The Morgan fingerprint density at radius 1 is 1.42 bits per heavy atom. The summed E-state index contributed by atoms with van der Waals surface area (Å²) >= 11 is 0. The predicted molar refractivity (Wildman–Crippen MR) is 79.0 cm³/mol. The van der Waals surface area contributed by atoms with E-state index in [9.17, 15) is 4.79 Å². The second kappa shape index (κ2) is 5.77. The highest BCUT2D eigenvalue weighted by Crippen LogP contribution is 2.20. The van der Waals surface area contributed by atoms with Gasteiger partial charge in [0.15, 0.2) is 0 Å². The van der Waals surface area contributed by atoms with Crippen LogP contribution in [0.4, 0.5) is 0 Å². The molecule has 5 nitrogen and oxygen atoms in total. The van der Waals surface area contributed by atoms with Gasteiger partial charge in [0.1, 0.15) is 5.54 Å². The molecule has 0 spiro atoms. The van der Waals surface area contributed by atoms with Gasteiger partial charge in [0.05, 0.1) is 0 Å². The van der Waals surface area contributed by atoms with Crippen molar-refractivity contribution in [3.8, 4) is 0 Å². The Morgan fingerprint density at radius 3 is 2.42 bits per heavy atom. The molecule has 1 aliphatic heterocycles. The lowest BCUT2D eigenvalue weighted by Gasteiger charge is -2.47. The Kier molecular flexibility index (Phi) is 4.98. The van der Waals surface area contributed by atoms with E-state index < -0.39 is 5.54 Å². The summed E-state index contributed by atoms with van der Waals surface area (Å²) in [6, 6.07) is 0.234. The normalized spacial score (nSPS) is 24.4. The number of nitrogens with two attached hydrogens (primary N) is 1. The van der Waals surface area contributed by atoms with Crippen LogP contribution in [0.2, 0.25) is 0 Å². The van der Waals surface area contributed by atoms with E-state index >= 15 is 0 Å². The van der Waals surface area contributed by atoms with Crippen LogP contribution >= 0.6 is 0 Å². The summed E-state index contributed by atoms with van der Waals surface area (Å²) in [4.78, 5) is 16.5. The van der Waals surface area contributed by atoms with Gasteiger partial charge in [0.25, 0.3) is 0 Å². The number of nitrogens with zero attached hydrogens (tertiary/aromatic N) is 2. The molecule has 0 bridgehead atoms. The van der Waals surface area contributed by atoms with Crippen LogP contribution in [-0.2, 0) is 4.79 Å². The monoisotopic (exact) mass is 270 g/mol. The molecule has 1 saturated heterocycles. The van der Waals surface area contributed by atoms with Crippen molar-refractivity contribution < 1.29 is 4.79 Å². The molecule has 112 valence electrons. The number of hydrogen-bond donors (Lipinski definition) is 2. The van der Waals surface area contributed by atoms with Crippen molar-refractivity contribution in [1.29, 1.82) is 0 Å². The molecule has 0 aromatic carbocycles. The number of primary amides is 1. The Bertz CT molecular complexity index is 329. The van der Waals surface area contributed by atoms with E-state index in [0.29, 0.717) is 6.54 Å². The van der Waals surface area contributed by atoms with Crippen molar-refractivity contribution in [1.82, 2.24) is 15.1 Å². The summed E-state index contributed by atoms with van der Waals surface area (Å²) in [5.74, 6) is -0.280. The van der Waals surface area contributed by atoms with Crippen molar-refractivity contribution in [3.05, 3.63) is 0 Å². The summed E-state index contributed by atoms with van der Waals surface area (Å²) in [6.07, 6.45) is 0. The molecule has 0 aromatic rings. The van der Waals surface area contributed by atoms with Crippen molar-refractivity contribution in [2.75, 3.05) is 33.2 Å². The number of likely N-dealkylation sites (N-methyl/N-ethyl adjacent to an activating group) is 1. The minimum atomic E-state index is -0.667. The second-order valence-electron chi connectivity index (χ2n) is 6.94. The molecular weight excluding hydrogens is 240 g/mol. The highest BCUT2D eigenvalue weighted by Gasteiger charge is 2.38. The van der Waals surface area contributed by atoms with Gasteiger partial charge in [-0.15, -0.1) is 0 Å². The van der Waals surface area contributed by atoms with E-state index in [-0.39, 0.29) is 17.5 Å². The number of piperazine rings is 1. The molecule has 1 heterocycles. The van der Waals surface area contributed by atoms with Gasteiger partial charge in [-0.1, -0.05) is 0 Å². The van der Waals surface area contributed by atoms with Crippen LogP contribution in [-0.4, -0.2) is 66.1 Å². The standard InChI is InChI=1S/C14H30N4O/c1-11(2)16-14(5,12(15)19)10-18-8-7-17(6)13(3,4)9-18/h11,16H,7-10H2,1-6H3,(H2,15,19). The summed E-state index contributed by atoms with van der Waals surface area (Å²) in [5, 5.41) is 3.31. The fourth-order valence-corrected chi connectivity index (χ4v) is 2.76. The zero-order valence-electron chi connectivity index (χ0n) is 13.3. The Balaban J connectivity index is 2.73. The molecular formula is C14H30N4O. The molecule has 19 heavy (non-hydrogen) atoms. The quantitative estimate of drug-likeness (QED) is 0.752. The van der Waals surface area contributed by atoms with E-state index in [0.717, 1.165) is 19.6 Å². The van der Waals surface area contributed by atoms with Crippen LogP contribution in [0.5, 0.6) is 0 Å². The molecule has 1 fully saturated rings. The summed E-state index contributed by atoms with van der Waals surface area (Å²) in [6.45, 7) is 14.0. The maximum atomic E-state index is 11.8. The zero-order chi connectivity index (χ0) is 14.8. The Labute approximate surface area is 117 Å². The van der Waals surface area contributed by atoms with Crippen LogP contribution in [0.15, 0.2) is 0 Å². The number of carbonyl (C=O) groups excluding carboxylic acids is 1. The molecule has 1 rings (SSSR count). The van der Waals surface area contributed by atoms with E-state index in [1.54, 1.807) is 0 Å². The van der Waals surface area contributed by atoms with Crippen molar-refractivity contribution in [3.63, 3.8) is 0 Å². The third-order valence-electron chi connectivity index (χ3n) is 4.09. The molecule has 5 heteroatoms. The van der Waals surface area contributed by atoms with Gasteiger partial charge in [-0.05, 0) is 41.7 Å². The summed E-state index contributed by atoms with van der Waals surface area (Å²) < 4.78 is 0. The molecule has 0 aromatic heterocycles. The smallest absolute Gasteiger partial charge is 0.238 e. The van der Waals surface area contributed by atoms with Gasteiger partial charge in [0, 0.05) is 37.8 Å². The van der Waals surface area contributed by atoms with Crippen LogP contribution < -0.4 is 11.1 Å². The second-order valence-corrected chi connectivity index (χ2v) is 6.94. The van der Waals surface area contributed by atoms with Crippen LogP contribution in [0.25, 0.3) is 0 Å². The average Bonchev–Trinajstić information content (AvgIpc) is 2.21. The molecule has 0 radical (unpaired) electrons. The molecule has 1 atom stereocenters. The molecule has 0 aliphatic carbocycles. The first-order chi connectivity index (χ1) is 8.57. The Morgan fingerprint density at radius 2 is 2.00 bits per heavy atom. The average molecular weight is 270 g/mol. The molecule has 3 N–H and O–H groups in total. The highest BCUT2D eigenvalue weighted by molar-refractivity contribution is 5.84. The van der Waals surface area contributed by atoms with Crippen molar-refractivity contribution in [2.45, 2.75) is 51.7 Å². The van der Waals surface area contributed by atoms with Gasteiger partial charge in [0.2, 0.25) is 5.91 Å². The lowest BCUT2D eigenvalue weighted by molar-refractivity contribution is -0.125. The van der Waals surface area contributed by atoms with E-state index in [4.69, 9.17) is 5.73 Å². The first-order valence-electron chi connectivity index (χ1n) is 7.08. The topological polar surface area (TPSA) is 61.6 Å². The first kappa shape index (κ1) is 16.4. The summed E-state index contributed by atoms with van der Waals surface area (Å²) in [5.41, 5.74) is 5.06. The fourth-order valence-electron chi connectivity index (χ4n) is 2.76. The molecule has 1 aliphatic rings. The third-order valence-corrected chi connectivity index (χ3v) is 4.09. The van der Waals surface area contributed by atoms with Gasteiger partial charge < -0.3 is 11.1 Å². The van der Waals surface area contributed by atoms with E-state index in [1.807, 2.05) is 20.8 Å². The van der Waals surface area contributed by atoms with Gasteiger partial charge in [-0.2, -0.15) is 0 Å². The number of carbonyl (C=O) groups is 1. The van der Waals surface area contributed by atoms with Gasteiger partial charge >= 0.3 is 0 Å². The minimum absolute atomic E-state index is 0.134. The predicted octanol–water partition coefficient (Wildman–Crippen LogP) is 0.254. The maximum absolute atomic E-state index is 11.8. The van der Waals surface area contributed by atoms with Crippen molar-refractivity contribution >= 4 is 5.91 Å². The number of amides is 1. The number of nitrogens with one attached hydrogen (secondary N) is 1. The fraction of sp³-hybridized carbons (Fsp3) is 0.929. The Hall–Kier alpha value is -0.650. The number of rotatable bonds is 5.